The Morgan fingerprint density at radius 2 is 1.90 bits per heavy atom. The van der Waals surface area contributed by atoms with Crippen LogP contribution in [-0.2, 0) is 27.2 Å². The van der Waals surface area contributed by atoms with Gasteiger partial charge in [-0.1, -0.05) is 12.1 Å². The van der Waals surface area contributed by atoms with Gasteiger partial charge in [-0.25, -0.2) is 4.79 Å². The molecule has 4 aliphatic rings. The topological polar surface area (TPSA) is 62.3 Å². The third-order valence-corrected chi connectivity index (χ3v) is 6.84. The predicted molar refractivity (Wildman–Crippen MR) is 108 cm³/mol. The fourth-order valence-electron chi connectivity index (χ4n) is 5.36. The second-order valence-electron chi connectivity index (χ2n) is 8.43. The molecule has 0 bridgehead atoms. The van der Waals surface area contributed by atoms with E-state index in [0.29, 0.717) is 32.3 Å². The van der Waals surface area contributed by atoms with Gasteiger partial charge in [-0.3, -0.25) is 14.6 Å². The van der Waals surface area contributed by atoms with Crippen LogP contribution in [0, 0.1) is 0 Å². The van der Waals surface area contributed by atoms with E-state index < -0.39 is 0 Å². The van der Waals surface area contributed by atoms with Gasteiger partial charge in [0.1, 0.15) is 6.61 Å². The molecular formula is C22H29N3O4. The minimum absolute atomic E-state index is 0.0105. The average molecular weight is 399 g/mol. The fourth-order valence-corrected chi connectivity index (χ4v) is 5.36. The van der Waals surface area contributed by atoms with Crippen molar-refractivity contribution in [2.45, 2.75) is 50.7 Å². The largest absolute Gasteiger partial charge is 0.447 e. The van der Waals surface area contributed by atoms with Crippen molar-refractivity contribution in [3.8, 4) is 0 Å². The molecule has 0 N–H and O–H groups in total. The second-order valence-corrected chi connectivity index (χ2v) is 8.43. The van der Waals surface area contributed by atoms with E-state index in [-0.39, 0.29) is 18.0 Å². The Hall–Kier alpha value is -2.12. The first-order valence-electron chi connectivity index (χ1n) is 10.9. The number of rotatable bonds is 3. The summed E-state index contributed by atoms with van der Waals surface area (Å²) in [7, 11) is 0. The quantitative estimate of drug-likeness (QED) is 0.780. The summed E-state index contributed by atoms with van der Waals surface area (Å²) in [5, 5.41) is 0. The molecule has 3 fully saturated rings. The van der Waals surface area contributed by atoms with Crippen LogP contribution in [0.5, 0.6) is 0 Å². The van der Waals surface area contributed by atoms with Crippen LogP contribution in [-0.4, -0.2) is 73.3 Å². The van der Waals surface area contributed by atoms with Crippen molar-refractivity contribution in [1.82, 2.24) is 9.80 Å². The number of nitrogens with zero attached hydrogens (tertiary/aromatic N) is 3. The van der Waals surface area contributed by atoms with Crippen molar-refractivity contribution in [1.29, 1.82) is 0 Å². The van der Waals surface area contributed by atoms with Crippen molar-refractivity contribution in [2.24, 2.45) is 0 Å². The number of ether oxygens (including phenoxy) is 2. The minimum Gasteiger partial charge on any atom is -0.447 e. The van der Waals surface area contributed by atoms with Crippen LogP contribution in [0.2, 0.25) is 0 Å². The van der Waals surface area contributed by atoms with Gasteiger partial charge in [0, 0.05) is 32.3 Å². The van der Waals surface area contributed by atoms with Gasteiger partial charge in [-0.2, -0.15) is 0 Å². The van der Waals surface area contributed by atoms with E-state index in [2.05, 4.69) is 11.0 Å². The molecule has 7 heteroatoms. The molecule has 4 aliphatic heterocycles. The Labute approximate surface area is 171 Å². The molecule has 5 rings (SSSR count). The SMILES string of the molecule is O=C(C1CCCN1C1CCOCC1)N1CCc2c(cccc2N2CCOC2=O)C1. The van der Waals surface area contributed by atoms with Crippen LogP contribution < -0.4 is 4.90 Å². The molecule has 1 unspecified atom stereocenters. The molecular weight excluding hydrogens is 370 g/mol. The van der Waals surface area contributed by atoms with Gasteiger partial charge in [-0.05, 0) is 55.8 Å². The van der Waals surface area contributed by atoms with Crippen molar-refractivity contribution in [3.05, 3.63) is 29.3 Å². The number of fused-ring (bicyclic) bond motifs is 1. The first-order valence-corrected chi connectivity index (χ1v) is 10.9. The monoisotopic (exact) mass is 399 g/mol. The molecule has 0 aliphatic carbocycles. The van der Waals surface area contributed by atoms with E-state index in [1.165, 1.54) is 5.56 Å². The summed E-state index contributed by atoms with van der Waals surface area (Å²) in [6.07, 6.45) is 4.63. The minimum atomic E-state index is -0.269. The maximum Gasteiger partial charge on any atom is 0.414 e. The van der Waals surface area contributed by atoms with Gasteiger partial charge in [0.05, 0.1) is 18.3 Å². The Morgan fingerprint density at radius 3 is 2.69 bits per heavy atom. The predicted octanol–water partition coefficient (Wildman–Crippen LogP) is 2.17. The van der Waals surface area contributed by atoms with Crippen LogP contribution in [0.15, 0.2) is 18.2 Å². The summed E-state index contributed by atoms with van der Waals surface area (Å²) >= 11 is 0. The lowest BCUT2D eigenvalue weighted by atomic mass is 9.96. The number of carbonyl (C=O) groups excluding carboxylic acids is 2. The molecule has 0 spiro atoms. The van der Waals surface area contributed by atoms with E-state index in [0.717, 1.165) is 63.1 Å². The number of likely N-dealkylation sites (tertiary alicyclic amines) is 1. The lowest BCUT2D eigenvalue weighted by Gasteiger charge is -2.38. The highest BCUT2D eigenvalue weighted by atomic mass is 16.6. The van der Waals surface area contributed by atoms with Crippen molar-refractivity contribution >= 4 is 17.7 Å². The Kier molecular flexibility index (Phi) is 5.18. The number of hydrogen-bond acceptors (Lipinski definition) is 5. The zero-order chi connectivity index (χ0) is 19.8. The highest BCUT2D eigenvalue weighted by Crippen LogP contribution is 2.32. The summed E-state index contributed by atoms with van der Waals surface area (Å²) in [6, 6.07) is 6.55. The maximum absolute atomic E-state index is 13.4. The number of amides is 2. The number of hydrogen-bond donors (Lipinski definition) is 0. The van der Waals surface area contributed by atoms with E-state index in [1.807, 2.05) is 17.0 Å². The third kappa shape index (κ3) is 3.51. The summed E-state index contributed by atoms with van der Waals surface area (Å²) in [5.41, 5.74) is 3.28. The van der Waals surface area contributed by atoms with Crippen LogP contribution in [0.25, 0.3) is 0 Å². The standard InChI is InChI=1S/C22H29N3O4/c26-21(20-5-2-9-24(20)17-7-12-28-13-8-17)23-10-6-18-16(15-23)3-1-4-19(18)25-11-14-29-22(25)27/h1,3-4,17,20H,2,5-15H2. The van der Waals surface area contributed by atoms with Gasteiger partial charge in [-0.15, -0.1) is 0 Å². The number of carbonyl (C=O) groups is 2. The lowest BCUT2D eigenvalue weighted by Crippen LogP contribution is -2.51. The summed E-state index contributed by atoms with van der Waals surface area (Å²) in [4.78, 5) is 31.6. The highest BCUT2D eigenvalue weighted by Gasteiger charge is 2.39. The fraction of sp³-hybridized carbons (Fsp3) is 0.636. The maximum atomic E-state index is 13.4. The van der Waals surface area contributed by atoms with Crippen LogP contribution in [0.3, 0.4) is 0 Å². The average Bonchev–Trinajstić information content (AvgIpc) is 3.42. The Balaban J connectivity index is 1.31. The van der Waals surface area contributed by atoms with Crippen LogP contribution in [0.1, 0.15) is 36.8 Å². The van der Waals surface area contributed by atoms with Gasteiger partial charge >= 0.3 is 6.09 Å². The molecule has 1 aromatic carbocycles. The molecule has 0 aromatic heterocycles. The van der Waals surface area contributed by atoms with E-state index in [4.69, 9.17) is 9.47 Å². The smallest absolute Gasteiger partial charge is 0.414 e. The number of anilines is 1. The summed E-state index contributed by atoms with van der Waals surface area (Å²) < 4.78 is 10.6. The Bertz CT molecular complexity index is 792. The number of cyclic esters (lactones) is 1. The molecule has 1 aromatic rings. The number of benzene rings is 1. The second kappa shape index (κ2) is 7.95. The lowest BCUT2D eigenvalue weighted by molar-refractivity contribution is -0.138. The highest BCUT2D eigenvalue weighted by molar-refractivity contribution is 5.91. The molecule has 3 saturated heterocycles. The molecule has 7 nitrogen and oxygen atoms in total. The van der Waals surface area contributed by atoms with Gasteiger partial charge in [0.25, 0.3) is 0 Å². The van der Waals surface area contributed by atoms with Gasteiger partial charge < -0.3 is 14.4 Å². The van der Waals surface area contributed by atoms with E-state index in [9.17, 15) is 9.59 Å². The van der Waals surface area contributed by atoms with Gasteiger partial charge in [0.2, 0.25) is 5.91 Å². The van der Waals surface area contributed by atoms with Crippen molar-refractivity contribution < 1.29 is 19.1 Å². The van der Waals surface area contributed by atoms with Crippen LogP contribution >= 0.6 is 0 Å². The van der Waals surface area contributed by atoms with E-state index in [1.54, 1.807) is 4.90 Å². The van der Waals surface area contributed by atoms with Gasteiger partial charge in [0.15, 0.2) is 0 Å². The third-order valence-electron chi connectivity index (χ3n) is 6.84. The van der Waals surface area contributed by atoms with Crippen LogP contribution in [0.4, 0.5) is 10.5 Å². The molecule has 1 atom stereocenters. The molecule has 0 radical (unpaired) electrons. The molecule has 0 saturated carbocycles. The molecule has 2 amide bonds. The first kappa shape index (κ1) is 18.9. The van der Waals surface area contributed by atoms with E-state index >= 15 is 0 Å². The summed E-state index contributed by atoms with van der Waals surface area (Å²) in [6.45, 7) is 5.01. The molecule has 29 heavy (non-hydrogen) atoms. The molecule has 4 heterocycles. The summed E-state index contributed by atoms with van der Waals surface area (Å²) in [5.74, 6) is 0.269. The molecule has 156 valence electrons. The first-order chi connectivity index (χ1) is 14.2. The van der Waals surface area contributed by atoms with Crippen molar-refractivity contribution in [2.75, 3.05) is 44.4 Å². The Morgan fingerprint density at radius 1 is 1.03 bits per heavy atom. The normalized spacial score (nSPS) is 25.9. The zero-order valence-corrected chi connectivity index (χ0v) is 16.8. The van der Waals surface area contributed by atoms with Crippen molar-refractivity contribution in [3.63, 3.8) is 0 Å². The zero-order valence-electron chi connectivity index (χ0n) is 16.8.